The third kappa shape index (κ3) is 7.39. The maximum atomic E-state index is 12.2. The minimum absolute atomic E-state index is 0. The Kier molecular flexibility index (Phi) is 11.9. The van der Waals surface area contributed by atoms with Crippen LogP contribution >= 0.6 is 34.0 Å². The van der Waals surface area contributed by atoms with Crippen LogP contribution in [-0.4, -0.2) is 23.3 Å². The Balaban J connectivity index is 0.000000251. The second-order valence-electron chi connectivity index (χ2n) is 14.3. The zero-order valence-electron chi connectivity index (χ0n) is 29.9. The van der Waals surface area contributed by atoms with E-state index in [-0.39, 0.29) is 47.9 Å². The molecule has 0 bridgehead atoms. The molecule has 4 heterocycles. The van der Waals surface area contributed by atoms with Gasteiger partial charge in [-0.25, -0.2) is 0 Å². The van der Waals surface area contributed by atoms with Crippen LogP contribution in [0.1, 0.15) is 109 Å². The Labute approximate surface area is 312 Å². The zero-order chi connectivity index (χ0) is 34.3. The molecule has 0 fully saturated rings. The van der Waals surface area contributed by atoms with Gasteiger partial charge in [0.2, 0.25) is 0 Å². The number of hydrogen-bond acceptors (Lipinski definition) is 7. The Morgan fingerprint density at radius 1 is 0.958 bits per heavy atom. The molecule has 3 aromatic heterocycles. The van der Waals surface area contributed by atoms with Gasteiger partial charge in [0.1, 0.15) is 5.76 Å². The zero-order valence-corrected chi connectivity index (χ0v) is 34.8. The number of anilines is 1. The molecule has 2 N–H and O–H groups in total. The molecule has 0 amide bonds. The Hall–Kier alpha value is -2.35. The fourth-order valence-electron chi connectivity index (χ4n) is 5.96. The molecule has 5 aromatic rings. The quantitative estimate of drug-likeness (QED) is 0.0927. The molecule has 4 nitrogen and oxygen atoms in total. The molecule has 1 aliphatic heterocycles. The van der Waals surface area contributed by atoms with Gasteiger partial charge in [-0.05, 0) is 71.7 Å². The molecule has 0 saturated heterocycles. The van der Waals surface area contributed by atoms with Gasteiger partial charge in [0.15, 0.2) is 5.78 Å². The average Bonchev–Trinajstić information content (AvgIpc) is 3.77. The summed E-state index contributed by atoms with van der Waals surface area (Å²) in [7, 11) is 0. The molecule has 0 unspecified atom stereocenters. The molecule has 8 heteroatoms. The van der Waals surface area contributed by atoms with Crippen molar-refractivity contribution in [2.75, 3.05) is 12.0 Å². The van der Waals surface area contributed by atoms with E-state index in [0.29, 0.717) is 6.67 Å². The fourth-order valence-corrected chi connectivity index (χ4v) is 9.21. The Morgan fingerprint density at radius 3 is 2.25 bits per heavy atom. The van der Waals surface area contributed by atoms with Gasteiger partial charge < -0.3 is 15.4 Å². The number of aliphatic hydroxyl groups is 1. The number of carbonyl (C=O) groups is 1. The van der Waals surface area contributed by atoms with Crippen LogP contribution in [-0.2, 0) is 30.3 Å². The van der Waals surface area contributed by atoms with Crippen LogP contribution in [0.5, 0.6) is 0 Å². The summed E-state index contributed by atoms with van der Waals surface area (Å²) < 4.78 is 4.01. The van der Waals surface area contributed by atoms with Crippen molar-refractivity contribution in [1.29, 1.82) is 0 Å². The van der Waals surface area contributed by atoms with Gasteiger partial charge in [-0.2, -0.15) is 11.3 Å². The Bertz CT molecular complexity index is 2000. The second-order valence-corrected chi connectivity index (χ2v) is 17.6. The van der Waals surface area contributed by atoms with E-state index in [1.165, 1.54) is 57.3 Å². The number of thiophene rings is 3. The molecule has 0 atom stereocenters. The minimum Gasteiger partial charge on any atom is -0.512 e. The first-order valence-corrected chi connectivity index (χ1v) is 19.3. The van der Waals surface area contributed by atoms with Crippen molar-refractivity contribution in [3.8, 4) is 0 Å². The smallest absolute Gasteiger partial charge is 0.164 e. The van der Waals surface area contributed by atoms with Crippen LogP contribution in [0.15, 0.2) is 52.5 Å². The standard InChI is InChI=1S/C25H21N2S3.C15H28O2.Ir/c1-13-7-15-10-20-17(11-19(15)29-13)22-24(30-20)21(26-12-27-22)16-8-14-5-6-28-23(14)18(9-16)25(2,3)4;1-7-14(5,8-2)12(16)11-13(17)15(6,9-3)10-4;/h5-7,9-11,27H,12H2,1-4H3;11,16H,7-10H2,1-6H3;/q-1;;/b;12-11-;. The van der Waals surface area contributed by atoms with Crippen molar-refractivity contribution in [3.63, 3.8) is 0 Å². The largest absolute Gasteiger partial charge is 0.512 e. The molecular formula is C40H49IrN2O2S3-. The van der Waals surface area contributed by atoms with Crippen LogP contribution in [0.2, 0.25) is 0 Å². The first-order valence-electron chi connectivity index (χ1n) is 16.8. The third-order valence-electron chi connectivity index (χ3n) is 10.3. The van der Waals surface area contributed by atoms with E-state index < -0.39 is 0 Å². The molecule has 0 aliphatic carbocycles. The van der Waals surface area contributed by atoms with Crippen LogP contribution in [0.3, 0.4) is 0 Å². The first-order chi connectivity index (χ1) is 22.2. The van der Waals surface area contributed by atoms with Crippen LogP contribution < -0.4 is 5.32 Å². The summed E-state index contributed by atoms with van der Waals surface area (Å²) in [5.74, 6) is 0.286. The van der Waals surface area contributed by atoms with Crippen molar-refractivity contribution >= 4 is 81.5 Å². The van der Waals surface area contributed by atoms with E-state index in [0.717, 1.165) is 37.0 Å². The number of benzene rings is 2. The summed E-state index contributed by atoms with van der Waals surface area (Å²) in [6.45, 7) is 21.7. The van der Waals surface area contributed by atoms with E-state index in [9.17, 15) is 9.90 Å². The summed E-state index contributed by atoms with van der Waals surface area (Å²) in [5, 5.41) is 19.7. The summed E-state index contributed by atoms with van der Waals surface area (Å²) >= 11 is 5.52. The number of allylic oxidation sites excluding steroid dienone is 2. The summed E-state index contributed by atoms with van der Waals surface area (Å²) in [6, 6.07) is 15.1. The average molecular weight is 878 g/mol. The SMILES string of the molecule is CCC(C)(CC)C(=O)/C=C(\O)C(C)(CC)CC.Cc1cc2cc3sc4c(c3cc2s1)NCN=C4c1[c-]c2ccsc2c(C(C)(C)C)c1.[Ir]. The number of nitrogens with zero attached hydrogens (tertiary/aromatic N) is 1. The second kappa shape index (κ2) is 14.9. The molecule has 48 heavy (non-hydrogen) atoms. The fraction of sp³-hybridized carbons (Fsp3) is 0.450. The molecule has 1 radical (unpaired) electrons. The van der Waals surface area contributed by atoms with Gasteiger partial charge in [0, 0.05) is 67.3 Å². The predicted molar refractivity (Wildman–Crippen MR) is 209 cm³/mol. The molecule has 0 spiro atoms. The molecule has 259 valence electrons. The summed E-state index contributed by atoms with van der Waals surface area (Å²) in [6.07, 6.45) is 4.75. The van der Waals surface area contributed by atoms with Crippen molar-refractivity contribution in [2.24, 2.45) is 15.8 Å². The first kappa shape index (κ1) is 38.5. The number of fused-ring (bicyclic) bond motifs is 5. The van der Waals surface area contributed by atoms with E-state index in [4.69, 9.17) is 4.99 Å². The minimum atomic E-state index is -0.337. The topological polar surface area (TPSA) is 61.7 Å². The van der Waals surface area contributed by atoms with Gasteiger partial charge >= 0.3 is 0 Å². The molecule has 6 rings (SSSR count). The third-order valence-corrected chi connectivity index (χ3v) is 13.4. The van der Waals surface area contributed by atoms with Crippen LogP contribution in [0.4, 0.5) is 5.69 Å². The number of hydrogen-bond donors (Lipinski definition) is 2. The maximum absolute atomic E-state index is 12.2. The van der Waals surface area contributed by atoms with E-state index in [1.54, 1.807) is 0 Å². The number of aryl methyl sites for hydroxylation is 1. The number of carbonyl (C=O) groups excluding carboxylic acids is 1. The van der Waals surface area contributed by atoms with Gasteiger partial charge in [0.05, 0.1) is 12.4 Å². The summed E-state index contributed by atoms with van der Waals surface area (Å²) in [5.41, 5.74) is 4.26. The van der Waals surface area contributed by atoms with Gasteiger partial charge in [0.25, 0.3) is 0 Å². The monoisotopic (exact) mass is 878 g/mol. The number of nitrogens with one attached hydrogen (secondary N) is 1. The number of aliphatic hydroxyl groups excluding tert-OH is 1. The number of aliphatic imine (C=N–C) groups is 1. The van der Waals surface area contributed by atoms with Crippen LogP contribution in [0, 0.1) is 23.8 Å². The Morgan fingerprint density at radius 2 is 1.62 bits per heavy atom. The molecule has 2 aromatic carbocycles. The molecule has 0 saturated carbocycles. The summed E-state index contributed by atoms with van der Waals surface area (Å²) in [4.78, 5) is 19.7. The van der Waals surface area contributed by atoms with Crippen molar-refractivity contribution in [3.05, 3.63) is 74.5 Å². The van der Waals surface area contributed by atoms with Gasteiger partial charge in [-0.1, -0.05) is 73.4 Å². The van der Waals surface area contributed by atoms with E-state index in [2.05, 4.69) is 74.8 Å². The van der Waals surface area contributed by atoms with Crippen molar-refractivity contribution in [1.82, 2.24) is 0 Å². The van der Waals surface area contributed by atoms with Crippen molar-refractivity contribution in [2.45, 2.75) is 100 Å². The van der Waals surface area contributed by atoms with Gasteiger partial charge in [-0.3, -0.25) is 4.79 Å². The normalized spacial score (nSPS) is 13.9. The van der Waals surface area contributed by atoms with E-state index >= 15 is 0 Å². The van der Waals surface area contributed by atoms with Gasteiger partial charge in [-0.15, -0.1) is 46.3 Å². The molecular weight excluding hydrogens is 829 g/mol. The van der Waals surface area contributed by atoms with Crippen molar-refractivity contribution < 1.29 is 30.0 Å². The molecule has 1 aliphatic rings. The maximum Gasteiger partial charge on any atom is 0.164 e. The van der Waals surface area contributed by atoms with Crippen LogP contribution in [0.25, 0.3) is 30.3 Å². The number of ketones is 1. The predicted octanol–water partition coefficient (Wildman–Crippen LogP) is 12.6. The van der Waals surface area contributed by atoms with E-state index in [1.807, 2.05) is 75.6 Å². The number of rotatable bonds is 8.